The lowest BCUT2D eigenvalue weighted by molar-refractivity contribution is -0.139. The highest BCUT2D eigenvalue weighted by molar-refractivity contribution is 7.99. The summed E-state index contributed by atoms with van der Waals surface area (Å²) in [5.74, 6) is -0.731. The minimum Gasteiger partial charge on any atom is -0.482 e. The maximum Gasteiger partial charge on any atom is 0.341 e. The van der Waals surface area contributed by atoms with E-state index in [1.54, 1.807) is 24.3 Å². The molecule has 1 unspecified atom stereocenters. The maximum atomic E-state index is 11.7. The third-order valence-electron chi connectivity index (χ3n) is 2.19. The van der Waals surface area contributed by atoms with Gasteiger partial charge in [0, 0.05) is 11.8 Å². The Labute approximate surface area is 110 Å². The van der Waals surface area contributed by atoms with Crippen molar-refractivity contribution in [2.75, 3.05) is 18.2 Å². The molecule has 1 atom stereocenters. The molecule has 1 amide bonds. The fourth-order valence-corrected chi connectivity index (χ4v) is 1.43. The Morgan fingerprint density at radius 3 is 2.83 bits per heavy atom. The lowest BCUT2D eigenvalue weighted by atomic mass is 10.3. The molecule has 0 saturated heterocycles. The standard InChI is InChI=1S/C12H15NO4S/c1-8(18-2)12(16)13-9-4-3-5-10(6-9)17-7-11(14)15/h3-6,8H,7H2,1-2H3,(H,13,16)(H,14,15). The van der Waals surface area contributed by atoms with Crippen LogP contribution in [0.4, 0.5) is 5.69 Å². The highest BCUT2D eigenvalue weighted by atomic mass is 32.2. The van der Waals surface area contributed by atoms with Gasteiger partial charge < -0.3 is 15.2 Å². The zero-order valence-electron chi connectivity index (χ0n) is 10.2. The van der Waals surface area contributed by atoms with E-state index in [9.17, 15) is 9.59 Å². The van der Waals surface area contributed by atoms with Crippen LogP contribution in [0.15, 0.2) is 24.3 Å². The third-order valence-corrected chi connectivity index (χ3v) is 3.11. The van der Waals surface area contributed by atoms with E-state index in [1.165, 1.54) is 11.8 Å². The molecule has 0 aliphatic rings. The van der Waals surface area contributed by atoms with Gasteiger partial charge in [0.2, 0.25) is 5.91 Å². The minimum absolute atomic E-state index is 0.0992. The van der Waals surface area contributed by atoms with Gasteiger partial charge in [-0.3, -0.25) is 4.79 Å². The van der Waals surface area contributed by atoms with Crippen molar-refractivity contribution in [1.29, 1.82) is 0 Å². The van der Waals surface area contributed by atoms with Crippen molar-refractivity contribution in [3.05, 3.63) is 24.3 Å². The first-order chi connectivity index (χ1) is 8.52. The average molecular weight is 269 g/mol. The predicted octanol–water partition coefficient (Wildman–Crippen LogP) is 1.84. The van der Waals surface area contributed by atoms with Gasteiger partial charge in [-0.25, -0.2) is 4.79 Å². The average Bonchev–Trinajstić information content (AvgIpc) is 2.35. The number of thioether (sulfide) groups is 1. The molecule has 0 fully saturated rings. The summed E-state index contributed by atoms with van der Waals surface area (Å²) in [6, 6.07) is 6.64. The number of carbonyl (C=O) groups is 2. The molecule has 1 aromatic carbocycles. The summed E-state index contributed by atoms with van der Waals surface area (Å²) in [6.45, 7) is 1.41. The van der Waals surface area contributed by atoms with Crippen LogP contribution in [0.1, 0.15) is 6.92 Å². The van der Waals surface area contributed by atoms with Gasteiger partial charge >= 0.3 is 5.97 Å². The second-order valence-electron chi connectivity index (χ2n) is 3.58. The molecule has 98 valence electrons. The summed E-state index contributed by atoms with van der Waals surface area (Å²) in [7, 11) is 0. The van der Waals surface area contributed by atoms with Gasteiger partial charge in [-0.1, -0.05) is 6.07 Å². The van der Waals surface area contributed by atoms with Crippen molar-refractivity contribution in [2.24, 2.45) is 0 Å². The van der Waals surface area contributed by atoms with E-state index < -0.39 is 12.6 Å². The monoisotopic (exact) mass is 269 g/mol. The highest BCUT2D eigenvalue weighted by Crippen LogP contribution is 2.18. The lowest BCUT2D eigenvalue weighted by Gasteiger charge is -2.10. The van der Waals surface area contributed by atoms with Crippen LogP contribution >= 0.6 is 11.8 Å². The highest BCUT2D eigenvalue weighted by Gasteiger charge is 2.11. The molecule has 0 aromatic heterocycles. The number of ether oxygens (including phenoxy) is 1. The zero-order valence-corrected chi connectivity index (χ0v) is 11.0. The summed E-state index contributed by atoms with van der Waals surface area (Å²) in [4.78, 5) is 22.0. The molecule has 0 aliphatic carbocycles. The Morgan fingerprint density at radius 2 is 2.22 bits per heavy atom. The van der Waals surface area contributed by atoms with E-state index in [0.717, 1.165) is 0 Å². The number of hydrogen-bond donors (Lipinski definition) is 2. The van der Waals surface area contributed by atoms with Gasteiger partial charge in [0.05, 0.1) is 5.25 Å². The fourth-order valence-electron chi connectivity index (χ4n) is 1.16. The molecule has 0 spiro atoms. The van der Waals surface area contributed by atoms with Crippen LogP contribution in [-0.2, 0) is 9.59 Å². The van der Waals surface area contributed by atoms with Gasteiger partial charge in [-0.05, 0) is 25.3 Å². The molecule has 6 heteroatoms. The number of anilines is 1. The molecule has 0 aliphatic heterocycles. The number of carbonyl (C=O) groups excluding carboxylic acids is 1. The Balaban J connectivity index is 2.64. The maximum absolute atomic E-state index is 11.7. The Kier molecular flexibility index (Phi) is 5.51. The van der Waals surface area contributed by atoms with Crippen LogP contribution in [-0.4, -0.2) is 35.1 Å². The Bertz CT molecular complexity index is 436. The largest absolute Gasteiger partial charge is 0.482 e. The van der Waals surface area contributed by atoms with E-state index in [0.29, 0.717) is 11.4 Å². The van der Waals surface area contributed by atoms with E-state index in [2.05, 4.69) is 5.32 Å². The number of carboxylic acids is 1. The van der Waals surface area contributed by atoms with E-state index in [4.69, 9.17) is 9.84 Å². The van der Waals surface area contributed by atoms with Crippen LogP contribution in [0.2, 0.25) is 0 Å². The van der Waals surface area contributed by atoms with Gasteiger partial charge in [0.25, 0.3) is 0 Å². The number of aliphatic carboxylic acids is 1. The molecule has 18 heavy (non-hydrogen) atoms. The molecule has 0 saturated carbocycles. The Hall–Kier alpha value is -1.69. The Morgan fingerprint density at radius 1 is 1.50 bits per heavy atom. The fraction of sp³-hybridized carbons (Fsp3) is 0.333. The first-order valence-electron chi connectivity index (χ1n) is 5.31. The summed E-state index contributed by atoms with van der Waals surface area (Å²) in [5.41, 5.74) is 0.587. The van der Waals surface area contributed by atoms with E-state index in [-0.39, 0.29) is 11.2 Å². The first-order valence-corrected chi connectivity index (χ1v) is 6.60. The SMILES string of the molecule is CSC(C)C(=O)Nc1cccc(OCC(=O)O)c1. The number of amides is 1. The quantitative estimate of drug-likeness (QED) is 0.824. The summed E-state index contributed by atoms with van der Waals surface area (Å²) >= 11 is 1.45. The molecule has 1 rings (SSSR count). The number of nitrogens with one attached hydrogen (secondary N) is 1. The summed E-state index contributed by atoms with van der Waals surface area (Å²) in [6.07, 6.45) is 1.86. The topological polar surface area (TPSA) is 75.6 Å². The second kappa shape index (κ2) is 6.90. The van der Waals surface area contributed by atoms with Gasteiger partial charge in [-0.15, -0.1) is 0 Å². The van der Waals surface area contributed by atoms with Crippen LogP contribution in [0.3, 0.4) is 0 Å². The van der Waals surface area contributed by atoms with Crippen LogP contribution in [0.25, 0.3) is 0 Å². The molecule has 0 bridgehead atoms. The van der Waals surface area contributed by atoms with Crippen molar-refractivity contribution in [1.82, 2.24) is 0 Å². The van der Waals surface area contributed by atoms with Gasteiger partial charge in [-0.2, -0.15) is 11.8 Å². The number of hydrogen-bond acceptors (Lipinski definition) is 4. The normalized spacial score (nSPS) is 11.7. The number of carboxylic acid groups (broad SMARTS) is 1. The molecule has 1 aromatic rings. The zero-order chi connectivity index (χ0) is 13.5. The number of rotatable bonds is 6. The van der Waals surface area contributed by atoms with Crippen molar-refractivity contribution >= 4 is 29.3 Å². The van der Waals surface area contributed by atoms with Crippen LogP contribution in [0.5, 0.6) is 5.75 Å². The predicted molar refractivity (Wildman–Crippen MR) is 71.2 cm³/mol. The summed E-state index contributed by atoms with van der Waals surface area (Å²) < 4.78 is 5.02. The summed E-state index contributed by atoms with van der Waals surface area (Å²) in [5, 5.41) is 11.1. The van der Waals surface area contributed by atoms with Crippen LogP contribution < -0.4 is 10.1 Å². The van der Waals surface area contributed by atoms with E-state index >= 15 is 0 Å². The van der Waals surface area contributed by atoms with Crippen molar-refractivity contribution in [3.63, 3.8) is 0 Å². The minimum atomic E-state index is -1.04. The molecular formula is C12H15NO4S. The number of benzene rings is 1. The van der Waals surface area contributed by atoms with Crippen molar-refractivity contribution in [2.45, 2.75) is 12.2 Å². The van der Waals surface area contributed by atoms with Crippen molar-refractivity contribution < 1.29 is 19.4 Å². The first kappa shape index (κ1) is 14.4. The molecule has 0 heterocycles. The molecule has 2 N–H and O–H groups in total. The van der Waals surface area contributed by atoms with Gasteiger partial charge in [0.1, 0.15) is 5.75 Å². The smallest absolute Gasteiger partial charge is 0.341 e. The van der Waals surface area contributed by atoms with Crippen LogP contribution in [0, 0.1) is 0 Å². The third kappa shape index (κ3) is 4.67. The lowest BCUT2D eigenvalue weighted by Crippen LogP contribution is -2.22. The van der Waals surface area contributed by atoms with Gasteiger partial charge in [0.15, 0.2) is 6.61 Å². The molecule has 0 radical (unpaired) electrons. The molecular weight excluding hydrogens is 254 g/mol. The van der Waals surface area contributed by atoms with E-state index in [1.807, 2.05) is 13.2 Å². The molecule has 5 nitrogen and oxygen atoms in total. The van der Waals surface area contributed by atoms with Crippen molar-refractivity contribution in [3.8, 4) is 5.75 Å². The second-order valence-corrected chi connectivity index (χ2v) is 4.76.